The summed E-state index contributed by atoms with van der Waals surface area (Å²) in [5.41, 5.74) is 0.439. The lowest BCUT2D eigenvalue weighted by Gasteiger charge is -2.13. The van der Waals surface area contributed by atoms with E-state index in [0.717, 1.165) is 11.0 Å². The Hall–Kier alpha value is -3.67. The Balaban J connectivity index is 1.54. The summed E-state index contributed by atoms with van der Waals surface area (Å²) in [6, 6.07) is 3.52. The van der Waals surface area contributed by atoms with Crippen LogP contribution in [0.25, 0.3) is 0 Å². The number of nitrogens with zero attached hydrogens (tertiary/aromatic N) is 3. The molecule has 1 N–H and O–H groups in total. The first-order chi connectivity index (χ1) is 14.7. The van der Waals surface area contributed by atoms with Crippen LogP contribution >= 0.6 is 11.3 Å². The first-order valence-corrected chi connectivity index (χ1v) is 10.0. The van der Waals surface area contributed by atoms with Gasteiger partial charge in [0.05, 0.1) is 35.3 Å². The van der Waals surface area contributed by atoms with Crippen molar-refractivity contribution in [2.75, 3.05) is 19.0 Å². The standard InChI is InChI=1S/C19H18N4O7S/c1-10-14(9-16(25)30-2)31-19(20-10)21-15(24)4-3-7-22-17(26)12-6-5-11(23(28)29)8-13(12)18(22)27/h5-6,8H,3-4,7,9H2,1-2H3,(H,20,21,24). The molecular formula is C19H18N4O7S. The second-order valence-corrected chi connectivity index (χ2v) is 7.76. The Morgan fingerprint density at radius 1 is 1.26 bits per heavy atom. The molecule has 31 heavy (non-hydrogen) atoms. The van der Waals surface area contributed by atoms with Crippen LogP contribution in [0.3, 0.4) is 0 Å². The van der Waals surface area contributed by atoms with Crippen LogP contribution in [0.4, 0.5) is 10.8 Å². The van der Waals surface area contributed by atoms with E-state index in [0.29, 0.717) is 15.7 Å². The molecule has 1 aliphatic rings. The molecule has 2 heterocycles. The van der Waals surface area contributed by atoms with Gasteiger partial charge in [0.25, 0.3) is 17.5 Å². The molecule has 1 aromatic carbocycles. The molecule has 0 spiro atoms. The highest BCUT2D eigenvalue weighted by molar-refractivity contribution is 7.16. The van der Waals surface area contributed by atoms with Crippen molar-refractivity contribution >= 4 is 45.8 Å². The number of nitro benzene ring substituents is 1. The number of nitrogens with one attached hydrogen (secondary N) is 1. The number of ether oxygens (including phenoxy) is 1. The fourth-order valence-electron chi connectivity index (χ4n) is 3.02. The highest BCUT2D eigenvalue weighted by Crippen LogP contribution is 2.27. The van der Waals surface area contributed by atoms with Gasteiger partial charge >= 0.3 is 5.97 Å². The molecule has 0 bridgehead atoms. The van der Waals surface area contributed by atoms with Crippen molar-refractivity contribution in [3.63, 3.8) is 0 Å². The molecule has 11 nitrogen and oxygen atoms in total. The van der Waals surface area contributed by atoms with Gasteiger partial charge in [0.2, 0.25) is 5.91 Å². The fourth-order valence-corrected chi connectivity index (χ4v) is 3.99. The molecule has 162 valence electrons. The molecule has 3 amide bonds. The van der Waals surface area contributed by atoms with Crippen molar-refractivity contribution in [3.05, 3.63) is 50.0 Å². The number of nitro groups is 1. The number of thiazole rings is 1. The van der Waals surface area contributed by atoms with Crippen LogP contribution in [0, 0.1) is 17.0 Å². The largest absolute Gasteiger partial charge is 0.469 e. The van der Waals surface area contributed by atoms with Crippen LogP contribution < -0.4 is 5.32 Å². The summed E-state index contributed by atoms with van der Waals surface area (Å²) < 4.78 is 4.62. The number of methoxy groups -OCH3 is 1. The third-order valence-corrected chi connectivity index (χ3v) is 5.70. The second kappa shape index (κ2) is 9.00. The molecular weight excluding hydrogens is 428 g/mol. The zero-order valence-corrected chi connectivity index (χ0v) is 17.5. The van der Waals surface area contributed by atoms with Crippen molar-refractivity contribution in [1.29, 1.82) is 0 Å². The first kappa shape index (κ1) is 22.0. The number of hydrogen-bond donors (Lipinski definition) is 1. The summed E-state index contributed by atoms with van der Waals surface area (Å²) in [6.45, 7) is 1.72. The average Bonchev–Trinajstić information content (AvgIpc) is 3.18. The summed E-state index contributed by atoms with van der Waals surface area (Å²) in [4.78, 5) is 64.5. The number of esters is 1. The maximum absolute atomic E-state index is 12.4. The normalized spacial score (nSPS) is 12.6. The minimum atomic E-state index is -0.637. The van der Waals surface area contributed by atoms with Gasteiger partial charge in [-0.15, -0.1) is 11.3 Å². The molecule has 0 radical (unpaired) electrons. The number of non-ortho nitro benzene ring substituents is 1. The minimum Gasteiger partial charge on any atom is -0.469 e. The maximum atomic E-state index is 12.4. The summed E-state index contributed by atoms with van der Waals surface area (Å²) in [5.74, 6) is -1.92. The number of aryl methyl sites for hydroxylation is 1. The number of carbonyl (C=O) groups is 4. The molecule has 1 aliphatic heterocycles. The lowest BCUT2D eigenvalue weighted by atomic mass is 10.1. The van der Waals surface area contributed by atoms with Gasteiger partial charge in [-0.3, -0.25) is 34.2 Å². The van der Waals surface area contributed by atoms with Crippen molar-refractivity contribution < 1.29 is 28.8 Å². The van der Waals surface area contributed by atoms with Crippen molar-refractivity contribution in [3.8, 4) is 0 Å². The van der Waals surface area contributed by atoms with E-state index in [-0.39, 0.29) is 48.5 Å². The number of hydrogen-bond acceptors (Lipinski definition) is 9. The molecule has 3 rings (SSSR count). The fraction of sp³-hybridized carbons (Fsp3) is 0.316. The SMILES string of the molecule is COC(=O)Cc1sc(NC(=O)CCCN2C(=O)c3ccc([N+](=O)[O-])cc3C2=O)nc1C. The maximum Gasteiger partial charge on any atom is 0.310 e. The molecule has 2 aromatic rings. The third kappa shape index (κ3) is 4.74. The predicted octanol–water partition coefficient (Wildman–Crippen LogP) is 2.09. The zero-order valence-electron chi connectivity index (χ0n) is 16.7. The quantitative estimate of drug-likeness (QED) is 0.280. The third-order valence-electron chi connectivity index (χ3n) is 4.62. The van der Waals surface area contributed by atoms with Crippen LogP contribution in [0.15, 0.2) is 18.2 Å². The molecule has 12 heteroatoms. The van der Waals surface area contributed by atoms with Crippen molar-refractivity contribution in [1.82, 2.24) is 9.88 Å². The van der Waals surface area contributed by atoms with Gasteiger partial charge in [0.15, 0.2) is 5.13 Å². The number of aromatic nitrogens is 1. The molecule has 1 aromatic heterocycles. The van der Waals surface area contributed by atoms with Gasteiger partial charge < -0.3 is 10.1 Å². The summed E-state index contributed by atoms with van der Waals surface area (Å²) in [6.07, 6.45) is 0.297. The highest BCUT2D eigenvalue weighted by Gasteiger charge is 2.36. The highest BCUT2D eigenvalue weighted by atomic mass is 32.1. The van der Waals surface area contributed by atoms with Gasteiger partial charge in [0, 0.05) is 30.0 Å². The Kier molecular flexibility index (Phi) is 6.39. The Morgan fingerprint density at radius 2 is 1.97 bits per heavy atom. The summed E-state index contributed by atoms with van der Waals surface area (Å²) in [7, 11) is 1.29. The lowest BCUT2D eigenvalue weighted by Crippen LogP contribution is -2.31. The molecule has 0 unspecified atom stereocenters. The smallest absolute Gasteiger partial charge is 0.310 e. The van der Waals surface area contributed by atoms with E-state index in [4.69, 9.17) is 0 Å². The van der Waals surface area contributed by atoms with Crippen LogP contribution in [0.1, 0.15) is 44.1 Å². The number of anilines is 1. The predicted molar refractivity (Wildman–Crippen MR) is 109 cm³/mol. The Labute approximate surface area is 180 Å². The van der Waals surface area contributed by atoms with E-state index in [9.17, 15) is 29.3 Å². The Morgan fingerprint density at radius 3 is 2.65 bits per heavy atom. The number of carbonyl (C=O) groups excluding carboxylic acids is 4. The van der Waals surface area contributed by atoms with E-state index in [1.807, 2.05) is 0 Å². The van der Waals surface area contributed by atoms with Crippen molar-refractivity contribution in [2.45, 2.75) is 26.2 Å². The topological polar surface area (TPSA) is 149 Å². The molecule has 0 fully saturated rings. The number of imide groups is 1. The van der Waals surface area contributed by atoms with Gasteiger partial charge in [-0.1, -0.05) is 0 Å². The van der Waals surface area contributed by atoms with Crippen LogP contribution in [-0.4, -0.2) is 52.2 Å². The summed E-state index contributed by atoms with van der Waals surface area (Å²) in [5, 5.41) is 13.9. The van der Waals surface area contributed by atoms with E-state index < -0.39 is 22.7 Å². The second-order valence-electron chi connectivity index (χ2n) is 6.68. The molecule has 0 atom stereocenters. The monoisotopic (exact) mass is 446 g/mol. The van der Waals surface area contributed by atoms with Gasteiger partial charge in [0.1, 0.15) is 0 Å². The van der Waals surface area contributed by atoms with E-state index >= 15 is 0 Å². The molecule has 0 aliphatic carbocycles. The van der Waals surface area contributed by atoms with E-state index in [1.54, 1.807) is 6.92 Å². The van der Waals surface area contributed by atoms with E-state index in [2.05, 4.69) is 15.0 Å². The van der Waals surface area contributed by atoms with Crippen LogP contribution in [0.2, 0.25) is 0 Å². The zero-order chi connectivity index (χ0) is 22.7. The van der Waals surface area contributed by atoms with Gasteiger partial charge in [-0.05, 0) is 19.4 Å². The average molecular weight is 446 g/mol. The number of benzene rings is 1. The number of rotatable bonds is 8. The lowest BCUT2D eigenvalue weighted by molar-refractivity contribution is -0.384. The Bertz CT molecular complexity index is 1090. The van der Waals surface area contributed by atoms with Crippen LogP contribution in [0.5, 0.6) is 0 Å². The van der Waals surface area contributed by atoms with Gasteiger partial charge in [-0.25, -0.2) is 4.98 Å². The molecule has 0 saturated carbocycles. The first-order valence-electron chi connectivity index (χ1n) is 9.19. The van der Waals surface area contributed by atoms with Crippen molar-refractivity contribution in [2.24, 2.45) is 0 Å². The minimum absolute atomic E-state index is 0.00193. The van der Waals surface area contributed by atoms with E-state index in [1.165, 1.54) is 30.6 Å². The molecule has 0 saturated heterocycles. The number of fused-ring (bicyclic) bond motifs is 1. The summed E-state index contributed by atoms with van der Waals surface area (Å²) >= 11 is 1.17. The number of amides is 3. The van der Waals surface area contributed by atoms with Crippen LogP contribution in [-0.2, 0) is 20.7 Å². The van der Waals surface area contributed by atoms with Gasteiger partial charge in [-0.2, -0.15) is 0 Å².